The van der Waals surface area contributed by atoms with Crippen LogP contribution in [0.25, 0.3) is 0 Å². The van der Waals surface area contributed by atoms with Gasteiger partial charge in [-0.1, -0.05) is 12.1 Å². The van der Waals surface area contributed by atoms with E-state index in [1.807, 2.05) is 12.1 Å². The van der Waals surface area contributed by atoms with Crippen LogP contribution >= 0.6 is 0 Å². The summed E-state index contributed by atoms with van der Waals surface area (Å²) in [6, 6.07) is 7.19. The first-order valence-corrected chi connectivity index (χ1v) is 7.09. The van der Waals surface area contributed by atoms with Crippen LogP contribution in [0.2, 0.25) is 0 Å². The second-order valence-corrected chi connectivity index (χ2v) is 5.05. The van der Waals surface area contributed by atoms with Crippen LogP contribution < -0.4 is 10.6 Å². The predicted molar refractivity (Wildman–Crippen MR) is 83.4 cm³/mol. The summed E-state index contributed by atoms with van der Waals surface area (Å²) in [5, 5.41) is 5.74. The number of benzene rings is 1. The molecule has 6 heteroatoms. The van der Waals surface area contributed by atoms with Crippen molar-refractivity contribution in [2.45, 2.75) is 13.3 Å². The molecule has 6 nitrogen and oxygen atoms in total. The number of para-hydroxylation sites is 1. The molecule has 0 saturated heterocycles. The molecule has 0 spiro atoms. The standard InChI is InChI=1S/C16H19N3O3/c1-11-10-19(15(21)9-14(11)20)8-7-18-16(22)12-5-3-4-6-13(12)17-2/h3-6,10,17H,7-9H2,1-2H3,(H,18,22). The first-order valence-electron chi connectivity index (χ1n) is 7.09. The summed E-state index contributed by atoms with van der Waals surface area (Å²) in [5.41, 5.74) is 1.86. The largest absolute Gasteiger partial charge is 0.387 e. The fourth-order valence-corrected chi connectivity index (χ4v) is 2.23. The van der Waals surface area contributed by atoms with Crippen molar-refractivity contribution in [1.29, 1.82) is 0 Å². The highest BCUT2D eigenvalue weighted by Crippen LogP contribution is 2.14. The molecule has 1 aliphatic heterocycles. The van der Waals surface area contributed by atoms with Crippen LogP contribution in [0.5, 0.6) is 0 Å². The summed E-state index contributed by atoms with van der Waals surface area (Å²) >= 11 is 0. The van der Waals surface area contributed by atoms with Crippen LogP contribution in [0.1, 0.15) is 23.7 Å². The third-order valence-corrected chi connectivity index (χ3v) is 3.50. The molecule has 0 atom stereocenters. The van der Waals surface area contributed by atoms with Gasteiger partial charge in [0.15, 0.2) is 5.78 Å². The number of nitrogens with zero attached hydrogens (tertiary/aromatic N) is 1. The van der Waals surface area contributed by atoms with E-state index in [1.54, 1.807) is 32.3 Å². The molecule has 0 bridgehead atoms. The number of ketones is 1. The van der Waals surface area contributed by atoms with Gasteiger partial charge in [0.25, 0.3) is 5.91 Å². The molecule has 0 saturated carbocycles. The van der Waals surface area contributed by atoms with E-state index in [9.17, 15) is 14.4 Å². The molecule has 116 valence electrons. The number of amides is 2. The molecule has 1 heterocycles. The highest BCUT2D eigenvalue weighted by atomic mass is 16.2. The topological polar surface area (TPSA) is 78.5 Å². The van der Waals surface area contributed by atoms with Crippen LogP contribution in [0.4, 0.5) is 5.69 Å². The Balaban J connectivity index is 1.92. The zero-order valence-electron chi connectivity index (χ0n) is 12.7. The SMILES string of the molecule is CNc1ccccc1C(=O)NCCN1C=C(C)C(=O)CC1=O. The van der Waals surface area contributed by atoms with Crippen molar-refractivity contribution in [2.24, 2.45) is 0 Å². The summed E-state index contributed by atoms with van der Waals surface area (Å²) in [5.74, 6) is -0.583. The van der Waals surface area contributed by atoms with Crippen molar-refractivity contribution < 1.29 is 14.4 Å². The normalized spacial score (nSPS) is 14.6. The van der Waals surface area contributed by atoms with Crippen LogP contribution in [0.15, 0.2) is 36.0 Å². The molecular weight excluding hydrogens is 282 g/mol. The number of rotatable bonds is 5. The molecule has 2 amide bonds. The van der Waals surface area contributed by atoms with E-state index < -0.39 is 0 Å². The molecule has 22 heavy (non-hydrogen) atoms. The van der Waals surface area contributed by atoms with E-state index in [1.165, 1.54) is 4.90 Å². The Morgan fingerprint density at radius 1 is 1.27 bits per heavy atom. The zero-order valence-corrected chi connectivity index (χ0v) is 12.7. The van der Waals surface area contributed by atoms with Gasteiger partial charge < -0.3 is 15.5 Å². The monoisotopic (exact) mass is 301 g/mol. The molecule has 1 aromatic carbocycles. The van der Waals surface area contributed by atoms with E-state index >= 15 is 0 Å². The van der Waals surface area contributed by atoms with Crippen molar-refractivity contribution in [3.63, 3.8) is 0 Å². The summed E-state index contributed by atoms with van der Waals surface area (Å²) < 4.78 is 0. The number of nitrogens with one attached hydrogen (secondary N) is 2. The maximum absolute atomic E-state index is 12.1. The van der Waals surface area contributed by atoms with Crippen LogP contribution in [-0.2, 0) is 9.59 Å². The van der Waals surface area contributed by atoms with E-state index in [0.29, 0.717) is 24.2 Å². The van der Waals surface area contributed by atoms with Crippen LogP contribution in [-0.4, -0.2) is 42.6 Å². The molecule has 0 fully saturated rings. The van der Waals surface area contributed by atoms with Gasteiger partial charge in [-0.15, -0.1) is 0 Å². The van der Waals surface area contributed by atoms with Gasteiger partial charge in [-0.05, 0) is 19.1 Å². The molecule has 1 aliphatic rings. The van der Waals surface area contributed by atoms with Crippen molar-refractivity contribution >= 4 is 23.3 Å². The Hall–Kier alpha value is -2.63. The number of hydrogen-bond donors (Lipinski definition) is 2. The van der Waals surface area contributed by atoms with Crippen LogP contribution in [0, 0.1) is 0 Å². The van der Waals surface area contributed by atoms with Gasteiger partial charge in [-0.25, -0.2) is 0 Å². The lowest BCUT2D eigenvalue weighted by molar-refractivity contribution is -0.133. The van der Waals surface area contributed by atoms with Crippen molar-refractivity contribution in [3.05, 3.63) is 41.6 Å². The van der Waals surface area contributed by atoms with Gasteiger partial charge in [-0.3, -0.25) is 14.4 Å². The highest BCUT2D eigenvalue weighted by Gasteiger charge is 2.22. The number of hydrogen-bond acceptors (Lipinski definition) is 4. The van der Waals surface area contributed by atoms with Crippen LogP contribution in [0.3, 0.4) is 0 Å². The minimum absolute atomic E-state index is 0.0983. The third kappa shape index (κ3) is 3.52. The average molecular weight is 301 g/mol. The van der Waals surface area contributed by atoms with Gasteiger partial charge in [0.1, 0.15) is 0 Å². The number of allylic oxidation sites excluding steroid dienone is 1. The predicted octanol–water partition coefficient (Wildman–Crippen LogP) is 1.16. The average Bonchev–Trinajstić information content (AvgIpc) is 2.52. The molecule has 0 radical (unpaired) electrons. The van der Waals surface area contributed by atoms with E-state index in [4.69, 9.17) is 0 Å². The molecule has 0 aliphatic carbocycles. The lowest BCUT2D eigenvalue weighted by atomic mass is 10.1. The summed E-state index contributed by atoms with van der Waals surface area (Å²) in [7, 11) is 1.75. The summed E-state index contributed by atoms with van der Waals surface area (Å²) in [6.07, 6.45) is 1.45. The third-order valence-electron chi connectivity index (χ3n) is 3.50. The zero-order chi connectivity index (χ0) is 16.1. The summed E-state index contributed by atoms with van der Waals surface area (Å²) in [4.78, 5) is 36.7. The molecule has 2 N–H and O–H groups in total. The second kappa shape index (κ2) is 6.89. The molecular formula is C16H19N3O3. The highest BCUT2D eigenvalue weighted by molar-refractivity contribution is 6.09. The van der Waals surface area contributed by atoms with E-state index in [0.717, 1.165) is 5.69 Å². The molecule has 1 aromatic rings. The first kappa shape index (κ1) is 15.8. The first-order chi connectivity index (χ1) is 10.5. The van der Waals surface area contributed by atoms with Gasteiger partial charge in [0, 0.05) is 37.6 Å². The Kier molecular flexibility index (Phi) is 4.93. The van der Waals surface area contributed by atoms with Gasteiger partial charge in [0.2, 0.25) is 5.91 Å². The van der Waals surface area contributed by atoms with E-state index in [-0.39, 0.29) is 24.0 Å². The fraction of sp³-hybridized carbons (Fsp3) is 0.312. The lowest BCUT2D eigenvalue weighted by Gasteiger charge is -2.23. The summed E-state index contributed by atoms with van der Waals surface area (Å²) in [6.45, 7) is 2.35. The number of Topliss-reactive ketones (excluding diaryl/α,β-unsaturated/α-hetero) is 1. The van der Waals surface area contributed by atoms with Gasteiger partial charge in [0.05, 0.1) is 12.0 Å². The lowest BCUT2D eigenvalue weighted by Crippen LogP contribution is -2.39. The van der Waals surface area contributed by atoms with Crippen molar-refractivity contribution in [3.8, 4) is 0 Å². The molecule has 0 unspecified atom stereocenters. The Labute approximate surface area is 129 Å². The maximum atomic E-state index is 12.1. The Bertz CT molecular complexity index is 637. The molecule has 2 rings (SSSR count). The fourth-order valence-electron chi connectivity index (χ4n) is 2.23. The maximum Gasteiger partial charge on any atom is 0.253 e. The Morgan fingerprint density at radius 2 is 2.00 bits per heavy atom. The van der Waals surface area contributed by atoms with E-state index in [2.05, 4.69) is 10.6 Å². The Morgan fingerprint density at radius 3 is 2.73 bits per heavy atom. The van der Waals surface area contributed by atoms with Crippen molar-refractivity contribution in [1.82, 2.24) is 10.2 Å². The number of carbonyl (C=O) groups is 3. The minimum Gasteiger partial charge on any atom is -0.387 e. The quantitative estimate of drug-likeness (QED) is 0.800. The number of anilines is 1. The second-order valence-electron chi connectivity index (χ2n) is 5.05. The molecule has 0 aromatic heterocycles. The minimum atomic E-state index is -0.236. The van der Waals surface area contributed by atoms with Crippen molar-refractivity contribution in [2.75, 3.05) is 25.5 Å². The number of carbonyl (C=O) groups excluding carboxylic acids is 3. The van der Waals surface area contributed by atoms with Gasteiger partial charge in [-0.2, -0.15) is 0 Å². The smallest absolute Gasteiger partial charge is 0.253 e. The van der Waals surface area contributed by atoms with Gasteiger partial charge >= 0.3 is 0 Å².